The Morgan fingerprint density at radius 1 is 1.32 bits per heavy atom. The smallest absolute Gasteiger partial charge is 0.234 e. The van der Waals surface area contributed by atoms with E-state index in [2.05, 4.69) is 10.0 Å². The summed E-state index contributed by atoms with van der Waals surface area (Å²) in [6, 6.07) is 6.99. The van der Waals surface area contributed by atoms with Crippen LogP contribution in [0.3, 0.4) is 0 Å². The van der Waals surface area contributed by atoms with Gasteiger partial charge < -0.3 is 5.32 Å². The highest BCUT2D eigenvalue weighted by atomic mass is 35.5. The van der Waals surface area contributed by atoms with E-state index in [0.29, 0.717) is 11.6 Å². The largest absolute Gasteiger partial charge is 0.315 e. The predicted molar refractivity (Wildman–Crippen MR) is 78.4 cm³/mol. The molecule has 1 aliphatic rings. The van der Waals surface area contributed by atoms with Gasteiger partial charge >= 0.3 is 0 Å². The quantitative estimate of drug-likeness (QED) is 0.894. The maximum Gasteiger partial charge on any atom is 0.234 e. The zero-order valence-corrected chi connectivity index (χ0v) is 12.0. The molecule has 0 bridgehead atoms. The molecule has 1 aromatic rings. The Kier molecular flexibility index (Phi) is 4.99. The van der Waals surface area contributed by atoms with Gasteiger partial charge in [-0.15, -0.1) is 0 Å². The summed E-state index contributed by atoms with van der Waals surface area (Å²) in [7, 11) is -3.39. The molecule has 1 atom stereocenters. The van der Waals surface area contributed by atoms with Crippen LogP contribution in [-0.4, -0.2) is 27.5 Å². The topological polar surface area (TPSA) is 58.2 Å². The Labute approximate surface area is 118 Å². The molecule has 1 heterocycles. The monoisotopic (exact) mass is 300 g/mol. The molecule has 1 aromatic carbocycles. The lowest BCUT2D eigenvalue weighted by atomic mass is 10.1. The van der Waals surface area contributed by atoms with Gasteiger partial charge in [-0.2, -0.15) is 0 Å². The van der Waals surface area contributed by atoms with E-state index in [1.807, 2.05) is 0 Å². The van der Waals surface area contributed by atoms with E-state index < -0.39 is 10.0 Å². The van der Waals surface area contributed by atoms with E-state index in [0.717, 1.165) is 24.9 Å². The van der Waals surface area contributed by atoms with Crippen molar-refractivity contribution in [1.82, 2.24) is 10.0 Å². The zero-order valence-electron chi connectivity index (χ0n) is 10.5. The first kappa shape index (κ1) is 14.5. The van der Waals surface area contributed by atoms with Gasteiger partial charge in [-0.1, -0.05) is 23.7 Å². The fourth-order valence-electron chi connectivity index (χ4n) is 1.97. The minimum atomic E-state index is -3.39. The number of sulfonamides is 1. The van der Waals surface area contributed by atoms with Crippen molar-refractivity contribution in [3.05, 3.63) is 40.3 Å². The van der Waals surface area contributed by atoms with Crippen molar-refractivity contribution in [3.63, 3.8) is 0 Å². The second-order valence-electron chi connectivity index (χ2n) is 4.56. The summed E-state index contributed by atoms with van der Waals surface area (Å²) in [5.74, 6) is 0. The Morgan fingerprint density at radius 3 is 2.68 bits per heavy atom. The maximum atomic E-state index is 11.9. The lowest BCUT2D eigenvalue weighted by Crippen LogP contribution is -2.44. The highest BCUT2D eigenvalue weighted by Crippen LogP contribution is 2.11. The number of halogens is 1. The van der Waals surface area contributed by atoms with Crippen molar-refractivity contribution in [2.45, 2.75) is 18.9 Å². The van der Waals surface area contributed by atoms with E-state index in [4.69, 9.17) is 11.6 Å². The first-order chi connectivity index (χ1) is 9.05. The van der Waals surface area contributed by atoms with Crippen LogP contribution in [0.25, 0.3) is 6.08 Å². The van der Waals surface area contributed by atoms with Gasteiger partial charge in [0, 0.05) is 23.0 Å². The number of nitrogens with one attached hydrogen (secondary N) is 2. The molecule has 0 unspecified atom stereocenters. The van der Waals surface area contributed by atoms with E-state index >= 15 is 0 Å². The third-order valence-electron chi connectivity index (χ3n) is 2.94. The normalized spacial score (nSPS) is 20.8. The summed E-state index contributed by atoms with van der Waals surface area (Å²) in [4.78, 5) is 0. The molecule has 0 saturated carbocycles. The highest BCUT2D eigenvalue weighted by molar-refractivity contribution is 7.92. The summed E-state index contributed by atoms with van der Waals surface area (Å²) < 4.78 is 26.4. The van der Waals surface area contributed by atoms with E-state index in [1.165, 1.54) is 5.41 Å². The SMILES string of the molecule is O=S(=O)(/C=C/c1ccc(Cl)cc1)N[C@H]1CCCNC1. The maximum absolute atomic E-state index is 11.9. The van der Waals surface area contributed by atoms with Crippen LogP contribution in [0.1, 0.15) is 18.4 Å². The van der Waals surface area contributed by atoms with Crippen LogP contribution in [0.15, 0.2) is 29.7 Å². The van der Waals surface area contributed by atoms with Crippen LogP contribution in [0.2, 0.25) is 5.02 Å². The third-order valence-corrected chi connectivity index (χ3v) is 4.35. The van der Waals surface area contributed by atoms with Gasteiger partial charge in [0.2, 0.25) is 10.0 Å². The number of hydrogen-bond donors (Lipinski definition) is 2. The van der Waals surface area contributed by atoms with Gasteiger partial charge in [-0.05, 0) is 43.2 Å². The van der Waals surface area contributed by atoms with Crippen molar-refractivity contribution < 1.29 is 8.42 Å². The Morgan fingerprint density at radius 2 is 2.05 bits per heavy atom. The van der Waals surface area contributed by atoms with Crippen LogP contribution >= 0.6 is 11.6 Å². The van der Waals surface area contributed by atoms with E-state index in [1.54, 1.807) is 30.3 Å². The summed E-state index contributed by atoms with van der Waals surface area (Å²) in [6.45, 7) is 1.65. The van der Waals surface area contributed by atoms with Gasteiger partial charge in [0.25, 0.3) is 0 Å². The van der Waals surface area contributed by atoms with Gasteiger partial charge in [0.05, 0.1) is 0 Å². The molecule has 2 N–H and O–H groups in total. The first-order valence-electron chi connectivity index (χ1n) is 6.22. The average molecular weight is 301 g/mol. The molecule has 0 spiro atoms. The molecule has 4 nitrogen and oxygen atoms in total. The lowest BCUT2D eigenvalue weighted by Gasteiger charge is -2.22. The molecule has 19 heavy (non-hydrogen) atoms. The van der Waals surface area contributed by atoms with Crippen LogP contribution in [0.5, 0.6) is 0 Å². The molecular weight excluding hydrogens is 284 g/mol. The van der Waals surface area contributed by atoms with Crippen molar-refractivity contribution in [2.75, 3.05) is 13.1 Å². The highest BCUT2D eigenvalue weighted by Gasteiger charge is 2.17. The van der Waals surface area contributed by atoms with Crippen LogP contribution in [0, 0.1) is 0 Å². The summed E-state index contributed by atoms with van der Waals surface area (Å²) >= 11 is 5.77. The molecule has 1 fully saturated rings. The molecule has 6 heteroatoms. The molecule has 0 amide bonds. The molecule has 1 aliphatic heterocycles. The second-order valence-corrected chi connectivity index (χ2v) is 6.59. The molecular formula is C13H17ClN2O2S. The summed E-state index contributed by atoms with van der Waals surface area (Å²) in [5, 5.41) is 5.00. The number of benzene rings is 1. The minimum absolute atomic E-state index is 0.0198. The fraction of sp³-hybridized carbons (Fsp3) is 0.385. The third kappa shape index (κ3) is 4.95. The number of rotatable bonds is 4. The van der Waals surface area contributed by atoms with Gasteiger partial charge in [0.15, 0.2) is 0 Å². The van der Waals surface area contributed by atoms with Crippen LogP contribution < -0.4 is 10.0 Å². The van der Waals surface area contributed by atoms with Crippen LogP contribution in [0.4, 0.5) is 0 Å². The average Bonchev–Trinajstić information content (AvgIpc) is 2.39. The van der Waals surface area contributed by atoms with Crippen molar-refractivity contribution in [3.8, 4) is 0 Å². The van der Waals surface area contributed by atoms with Crippen LogP contribution in [-0.2, 0) is 10.0 Å². The summed E-state index contributed by atoms with van der Waals surface area (Å²) in [6.07, 6.45) is 3.43. The Balaban J connectivity index is 1.97. The lowest BCUT2D eigenvalue weighted by molar-refractivity contribution is 0.430. The molecule has 104 valence electrons. The molecule has 0 aromatic heterocycles. The molecule has 1 saturated heterocycles. The van der Waals surface area contributed by atoms with Crippen molar-refractivity contribution in [2.24, 2.45) is 0 Å². The van der Waals surface area contributed by atoms with E-state index in [9.17, 15) is 8.42 Å². The van der Waals surface area contributed by atoms with Gasteiger partial charge in [-0.3, -0.25) is 0 Å². The minimum Gasteiger partial charge on any atom is -0.315 e. The number of piperidine rings is 1. The first-order valence-corrected chi connectivity index (χ1v) is 8.14. The van der Waals surface area contributed by atoms with E-state index in [-0.39, 0.29) is 6.04 Å². The zero-order chi connectivity index (χ0) is 13.7. The van der Waals surface area contributed by atoms with Crippen molar-refractivity contribution >= 4 is 27.7 Å². The molecule has 0 radical (unpaired) electrons. The number of hydrogen-bond acceptors (Lipinski definition) is 3. The second kappa shape index (κ2) is 6.52. The molecule has 0 aliphatic carbocycles. The Bertz CT molecular complexity index is 534. The molecule has 2 rings (SSSR count). The predicted octanol–water partition coefficient (Wildman–Crippen LogP) is 1.98. The summed E-state index contributed by atoms with van der Waals surface area (Å²) in [5.41, 5.74) is 0.802. The standard InChI is InChI=1S/C13H17ClN2O2S/c14-12-5-3-11(4-6-12)7-9-19(17,18)16-13-2-1-8-15-10-13/h3-7,9,13,15-16H,1-2,8,10H2/b9-7+/t13-/m0/s1. The van der Waals surface area contributed by atoms with Crippen molar-refractivity contribution in [1.29, 1.82) is 0 Å². The Hall–Kier alpha value is -0.880. The fourth-order valence-corrected chi connectivity index (χ4v) is 3.17. The van der Waals surface area contributed by atoms with Gasteiger partial charge in [0.1, 0.15) is 0 Å². The van der Waals surface area contributed by atoms with Gasteiger partial charge in [-0.25, -0.2) is 13.1 Å².